The Balaban J connectivity index is 1.78. The topological polar surface area (TPSA) is 18.5 Å². The van der Waals surface area contributed by atoms with Crippen molar-refractivity contribution in [2.75, 3.05) is 25.7 Å². The fourth-order valence-electron chi connectivity index (χ4n) is 1.91. The highest BCUT2D eigenvalue weighted by atomic mass is 35.5. The third-order valence-electron chi connectivity index (χ3n) is 2.89. The number of ether oxygens (including phenoxy) is 2. The van der Waals surface area contributed by atoms with Crippen LogP contribution in [0.2, 0.25) is 0 Å². The number of alkyl halides is 1. The summed E-state index contributed by atoms with van der Waals surface area (Å²) in [7, 11) is 0. The van der Waals surface area contributed by atoms with Gasteiger partial charge >= 0.3 is 0 Å². The standard InChI is InChI=1S/C17H19ClO2/c18-10-11-19-12-13-20-17-8-6-16(7-9-17)14-15-4-2-1-3-5-15/h1-9H,10-14H2. The van der Waals surface area contributed by atoms with Crippen molar-refractivity contribution in [3.63, 3.8) is 0 Å². The van der Waals surface area contributed by atoms with E-state index in [1.54, 1.807) is 0 Å². The highest BCUT2D eigenvalue weighted by Gasteiger charge is 1.98. The number of benzene rings is 2. The Kier molecular flexibility index (Phi) is 6.42. The van der Waals surface area contributed by atoms with Crippen molar-refractivity contribution in [3.05, 3.63) is 65.7 Å². The average Bonchev–Trinajstić information content (AvgIpc) is 2.50. The van der Waals surface area contributed by atoms with Crippen LogP contribution >= 0.6 is 11.6 Å². The van der Waals surface area contributed by atoms with E-state index >= 15 is 0 Å². The molecule has 0 aliphatic carbocycles. The second kappa shape index (κ2) is 8.62. The number of halogens is 1. The lowest BCUT2D eigenvalue weighted by atomic mass is 10.1. The van der Waals surface area contributed by atoms with Crippen LogP contribution in [0.25, 0.3) is 0 Å². The van der Waals surface area contributed by atoms with E-state index in [2.05, 4.69) is 36.4 Å². The van der Waals surface area contributed by atoms with Gasteiger partial charge in [0.15, 0.2) is 0 Å². The Labute approximate surface area is 125 Å². The van der Waals surface area contributed by atoms with Crippen molar-refractivity contribution >= 4 is 11.6 Å². The third kappa shape index (κ3) is 5.24. The molecule has 0 saturated carbocycles. The summed E-state index contributed by atoms with van der Waals surface area (Å²) in [5.74, 6) is 1.39. The van der Waals surface area contributed by atoms with Crippen molar-refractivity contribution in [1.82, 2.24) is 0 Å². The monoisotopic (exact) mass is 290 g/mol. The molecule has 0 unspecified atom stereocenters. The molecular formula is C17H19ClO2. The van der Waals surface area contributed by atoms with Crippen molar-refractivity contribution in [2.45, 2.75) is 6.42 Å². The minimum Gasteiger partial charge on any atom is -0.491 e. The van der Waals surface area contributed by atoms with Gasteiger partial charge in [0, 0.05) is 5.88 Å². The van der Waals surface area contributed by atoms with Gasteiger partial charge in [0.1, 0.15) is 12.4 Å². The van der Waals surface area contributed by atoms with E-state index in [0.717, 1.165) is 12.2 Å². The lowest BCUT2D eigenvalue weighted by Crippen LogP contribution is -2.07. The molecule has 0 fully saturated rings. The van der Waals surface area contributed by atoms with Crippen molar-refractivity contribution in [1.29, 1.82) is 0 Å². The lowest BCUT2D eigenvalue weighted by Gasteiger charge is -2.07. The summed E-state index contributed by atoms with van der Waals surface area (Å²) in [6.07, 6.45) is 0.944. The van der Waals surface area contributed by atoms with Gasteiger partial charge in [-0.1, -0.05) is 42.5 Å². The summed E-state index contributed by atoms with van der Waals surface area (Å²) >= 11 is 5.52. The lowest BCUT2D eigenvalue weighted by molar-refractivity contribution is 0.111. The second-order valence-corrected chi connectivity index (χ2v) is 4.83. The molecule has 0 bridgehead atoms. The van der Waals surface area contributed by atoms with Crippen LogP contribution in [-0.4, -0.2) is 25.7 Å². The van der Waals surface area contributed by atoms with Crippen LogP contribution in [0.15, 0.2) is 54.6 Å². The maximum Gasteiger partial charge on any atom is 0.119 e. The molecule has 0 radical (unpaired) electrons. The van der Waals surface area contributed by atoms with E-state index in [4.69, 9.17) is 21.1 Å². The second-order valence-electron chi connectivity index (χ2n) is 4.46. The Morgan fingerprint density at radius 1 is 0.750 bits per heavy atom. The molecule has 2 aromatic rings. The van der Waals surface area contributed by atoms with Crippen LogP contribution in [0, 0.1) is 0 Å². The summed E-state index contributed by atoms with van der Waals surface area (Å²) in [5.41, 5.74) is 2.59. The molecule has 0 saturated heterocycles. The summed E-state index contributed by atoms with van der Waals surface area (Å²) in [5, 5.41) is 0. The first-order valence-corrected chi connectivity index (χ1v) is 7.31. The Bertz CT molecular complexity index is 482. The maximum atomic E-state index is 5.59. The first kappa shape index (κ1) is 14.9. The zero-order valence-corrected chi connectivity index (χ0v) is 12.2. The van der Waals surface area contributed by atoms with Crippen LogP contribution in [0.5, 0.6) is 5.75 Å². The quantitative estimate of drug-likeness (QED) is 0.542. The molecular weight excluding hydrogens is 272 g/mol. The van der Waals surface area contributed by atoms with Gasteiger partial charge in [-0.2, -0.15) is 0 Å². The fourth-order valence-corrected chi connectivity index (χ4v) is 2.02. The highest BCUT2D eigenvalue weighted by Crippen LogP contribution is 2.15. The first-order valence-electron chi connectivity index (χ1n) is 6.78. The third-order valence-corrected chi connectivity index (χ3v) is 3.05. The zero-order chi connectivity index (χ0) is 14.0. The van der Waals surface area contributed by atoms with Gasteiger partial charge in [0.2, 0.25) is 0 Å². The van der Waals surface area contributed by atoms with Crippen molar-refractivity contribution in [2.24, 2.45) is 0 Å². The molecule has 2 aromatic carbocycles. The van der Waals surface area contributed by atoms with E-state index < -0.39 is 0 Å². The summed E-state index contributed by atoms with van der Waals surface area (Å²) < 4.78 is 10.8. The largest absolute Gasteiger partial charge is 0.491 e. The van der Waals surface area contributed by atoms with Gasteiger partial charge in [-0.05, 0) is 29.7 Å². The molecule has 0 heterocycles. The van der Waals surface area contributed by atoms with Gasteiger partial charge in [0.05, 0.1) is 13.2 Å². The van der Waals surface area contributed by atoms with Crippen LogP contribution in [0.4, 0.5) is 0 Å². The average molecular weight is 291 g/mol. The summed E-state index contributed by atoms with van der Waals surface area (Å²) in [6, 6.07) is 18.6. The molecule has 3 heteroatoms. The summed E-state index contributed by atoms with van der Waals surface area (Å²) in [4.78, 5) is 0. The molecule has 0 N–H and O–H groups in total. The molecule has 0 aliphatic heterocycles. The van der Waals surface area contributed by atoms with E-state index in [-0.39, 0.29) is 0 Å². The van der Waals surface area contributed by atoms with Crippen LogP contribution < -0.4 is 4.74 Å². The first-order chi connectivity index (χ1) is 9.88. The van der Waals surface area contributed by atoms with E-state index in [9.17, 15) is 0 Å². The van der Waals surface area contributed by atoms with E-state index in [0.29, 0.717) is 25.7 Å². The van der Waals surface area contributed by atoms with Gasteiger partial charge in [-0.25, -0.2) is 0 Å². The predicted molar refractivity (Wildman–Crippen MR) is 82.7 cm³/mol. The van der Waals surface area contributed by atoms with Crippen molar-refractivity contribution in [3.8, 4) is 5.75 Å². The molecule has 0 atom stereocenters. The van der Waals surface area contributed by atoms with Gasteiger partial charge in [-0.15, -0.1) is 11.6 Å². The molecule has 106 valence electrons. The normalized spacial score (nSPS) is 10.4. The minimum atomic E-state index is 0.522. The SMILES string of the molecule is ClCCOCCOc1ccc(Cc2ccccc2)cc1. The van der Waals surface area contributed by atoms with E-state index in [1.807, 2.05) is 18.2 Å². The summed E-state index contributed by atoms with van der Waals surface area (Å²) in [6.45, 7) is 1.69. The molecule has 2 rings (SSSR count). The molecule has 0 aromatic heterocycles. The number of hydrogen-bond acceptors (Lipinski definition) is 2. The predicted octanol–water partition coefficient (Wildman–Crippen LogP) is 3.91. The molecule has 0 aliphatic rings. The Hall–Kier alpha value is -1.51. The zero-order valence-electron chi connectivity index (χ0n) is 11.4. The van der Waals surface area contributed by atoms with E-state index in [1.165, 1.54) is 11.1 Å². The maximum absolute atomic E-state index is 5.59. The smallest absolute Gasteiger partial charge is 0.119 e. The number of rotatable bonds is 8. The van der Waals surface area contributed by atoms with Crippen LogP contribution in [0.1, 0.15) is 11.1 Å². The number of hydrogen-bond donors (Lipinski definition) is 0. The molecule has 0 spiro atoms. The molecule has 2 nitrogen and oxygen atoms in total. The Morgan fingerprint density at radius 2 is 1.45 bits per heavy atom. The van der Waals surface area contributed by atoms with Crippen LogP contribution in [0.3, 0.4) is 0 Å². The van der Waals surface area contributed by atoms with Gasteiger partial charge in [0.25, 0.3) is 0 Å². The minimum absolute atomic E-state index is 0.522. The van der Waals surface area contributed by atoms with Crippen LogP contribution in [-0.2, 0) is 11.2 Å². The van der Waals surface area contributed by atoms with Gasteiger partial charge in [-0.3, -0.25) is 0 Å². The fraction of sp³-hybridized carbons (Fsp3) is 0.294. The highest BCUT2D eigenvalue weighted by molar-refractivity contribution is 6.17. The molecule has 20 heavy (non-hydrogen) atoms. The van der Waals surface area contributed by atoms with Crippen molar-refractivity contribution < 1.29 is 9.47 Å². The molecule has 0 amide bonds. The Morgan fingerprint density at radius 3 is 2.15 bits per heavy atom. The van der Waals surface area contributed by atoms with Gasteiger partial charge < -0.3 is 9.47 Å².